The third kappa shape index (κ3) is 2.93. The number of nitrogens with one attached hydrogen (secondary N) is 1. The fraction of sp³-hybridized carbons (Fsp3) is 0.333. The van der Waals surface area contributed by atoms with Gasteiger partial charge in [-0.2, -0.15) is 10.3 Å². The number of piperazine rings is 1. The van der Waals surface area contributed by atoms with Gasteiger partial charge in [0.1, 0.15) is 11.2 Å². The molecule has 1 fully saturated rings. The Kier molecular flexibility index (Phi) is 4.05. The van der Waals surface area contributed by atoms with E-state index >= 15 is 0 Å². The molecular formula is C18H20N6O. The second-order valence-electron chi connectivity index (χ2n) is 6.21. The Bertz CT molecular complexity index is 877. The Morgan fingerprint density at radius 3 is 2.80 bits per heavy atom. The molecule has 0 aliphatic carbocycles. The zero-order valence-corrected chi connectivity index (χ0v) is 14.1. The minimum Gasteiger partial charge on any atom is -0.368 e. The van der Waals surface area contributed by atoms with Gasteiger partial charge in [0, 0.05) is 31.4 Å². The summed E-state index contributed by atoms with van der Waals surface area (Å²) in [5, 5.41) is 10.5. The highest BCUT2D eigenvalue weighted by Gasteiger charge is 2.30. The number of hydrogen-bond acceptors (Lipinski definition) is 5. The van der Waals surface area contributed by atoms with E-state index in [0.717, 1.165) is 19.5 Å². The van der Waals surface area contributed by atoms with Crippen molar-refractivity contribution in [3.63, 3.8) is 0 Å². The molecule has 1 atom stereocenters. The first kappa shape index (κ1) is 15.6. The number of H-pyrrole nitrogens is 1. The standard InChI is InChI=1S/C18H20N6O/c1-2-13-12-23(14-6-4-3-5-7-14)10-11-24(13)18(25)16-9-8-15-17(19-16)21-22-20-15/h3-9,13H,2,10-12H2,1H3,(H,19,20,21,22). The summed E-state index contributed by atoms with van der Waals surface area (Å²) >= 11 is 0. The molecule has 0 bridgehead atoms. The molecular weight excluding hydrogens is 316 g/mol. The van der Waals surface area contributed by atoms with E-state index in [2.05, 4.69) is 44.4 Å². The quantitative estimate of drug-likeness (QED) is 0.792. The molecule has 0 radical (unpaired) electrons. The maximum atomic E-state index is 13.0. The van der Waals surface area contributed by atoms with E-state index in [0.29, 0.717) is 23.4 Å². The molecule has 0 spiro atoms. The van der Waals surface area contributed by atoms with E-state index in [4.69, 9.17) is 0 Å². The predicted octanol–water partition coefficient (Wildman–Crippen LogP) is 2.09. The molecule has 3 heterocycles. The molecule has 25 heavy (non-hydrogen) atoms. The molecule has 1 N–H and O–H groups in total. The average Bonchev–Trinajstić information content (AvgIpc) is 3.15. The van der Waals surface area contributed by atoms with Crippen molar-refractivity contribution in [2.75, 3.05) is 24.5 Å². The number of fused-ring (bicyclic) bond motifs is 1. The van der Waals surface area contributed by atoms with Gasteiger partial charge in [0.25, 0.3) is 5.91 Å². The van der Waals surface area contributed by atoms with Crippen LogP contribution in [-0.4, -0.2) is 56.9 Å². The number of nitrogens with zero attached hydrogens (tertiary/aromatic N) is 5. The van der Waals surface area contributed by atoms with Gasteiger partial charge in [0.2, 0.25) is 5.65 Å². The van der Waals surface area contributed by atoms with Crippen molar-refractivity contribution >= 4 is 22.8 Å². The van der Waals surface area contributed by atoms with Gasteiger partial charge in [-0.3, -0.25) is 4.79 Å². The summed E-state index contributed by atoms with van der Waals surface area (Å²) in [6.45, 7) is 4.45. The number of carbonyl (C=O) groups is 1. The third-order valence-corrected chi connectivity index (χ3v) is 4.74. The second kappa shape index (κ2) is 6.51. The molecule has 3 aromatic rings. The lowest BCUT2D eigenvalue weighted by molar-refractivity contribution is 0.0646. The van der Waals surface area contributed by atoms with Crippen LogP contribution < -0.4 is 4.90 Å². The molecule has 4 rings (SSSR count). The Balaban J connectivity index is 1.54. The topological polar surface area (TPSA) is 78.0 Å². The van der Waals surface area contributed by atoms with Crippen molar-refractivity contribution < 1.29 is 4.79 Å². The van der Waals surface area contributed by atoms with E-state index in [-0.39, 0.29) is 11.9 Å². The number of amides is 1. The fourth-order valence-corrected chi connectivity index (χ4v) is 3.35. The molecule has 1 aliphatic rings. The highest BCUT2D eigenvalue weighted by molar-refractivity contribution is 5.94. The third-order valence-electron chi connectivity index (χ3n) is 4.74. The molecule has 1 unspecified atom stereocenters. The summed E-state index contributed by atoms with van der Waals surface area (Å²) in [5.74, 6) is -0.0375. The van der Waals surface area contributed by atoms with Crippen molar-refractivity contribution in [3.8, 4) is 0 Å². The van der Waals surface area contributed by atoms with Crippen LogP contribution >= 0.6 is 0 Å². The average molecular weight is 336 g/mol. The predicted molar refractivity (Wildman–Crippen MR) is 95.5 cm³/mol. The highest BCUT2D eigenvalue weighted by atomic mass is 16.2. The van der Waals surface area contributed by atoms with Gasteiger partial charge in [0.15, 0.2) is 0 Å². The van der Waals surface area contributed by atoms with Crippen molar-refractivity contribution in [1.29, 1.82) is 0 Å². The van der Waals surface area contributed by atoms with Crippen LogP contribution in [-0.2, 0) is 0 Å². The first-order chi connectivity index (χ1) is 12.3. The van der Waals surface area contributed by atoms with Gasteiger partial charge in [-0.05, 0) is 30.7 Å². The maximum absolute atomic E-state index is 13.0. The van der Waals surface area contributed by atoms with E-state index in [9.17, 15) is 4.79 Å². The molecule has 1 amide bonds. The molecule has 1 saturated heterocycles. The van der Waals surface area contributed by atoms with Gasteiger partial charge in [-0.15, -0.1) is 5.10 Å². The minimum absolute atomic E-state index is 0.0375. The summed E-state index contributed by atoms with van der Waals surface area (Å²) in [6.07, 6.45) is 0.904. The first-order valence-corrected chi connectivity index (χ1v) is 8.54. The maximum Gasteiger partial charge on any atom is 0.272 e. The summed E-state index contributed by atoms with van der Waals surface area (Å²) in [5.41, 5.74) is 2.77. The van der Waals surface area contributed by atoms with E-state index in [1.165, 1.54) is 5.69 Å². The summed E-state index contributed by atoms with van der Waals surface area (Å²) < 4.78 is 0. The van der Waals surface area contributed by atoms with Crippen LogP contribution in [0.2, 0.25) is 0 Å². The van der Waals surface area contributed by atoms with Crippen molar-refractivity contribution in [1.82, 2.24) is 25.3 Å². The van der Waals surface area contributed by atoms with Crippen molar-refractivity contribution in [2.45, 2.75) is 19.4 Å². The molecule has 128 valence electrons. The number of rotatable bonds is 3. The number of aromatic amines is 1. The highest BCUT2D eigenvalue weighted by Crippen LogP contribution is 2.22. The van der Waals surface area contributed by atoms with Gasteiger partial charge < -0.3 is 9.80 Å². The van der Waals surface area contributed by atoms with Gasteiger partial charge in [-0.1, -0.05) is 25.1 Å². The zero-order chi connectivity index (χ0) is 17.2. The lowest BCUT2D eigenvalue weighted by atomic mass is 10.1. The molecule has 2 aromatic heterocycles. The summed E-state index contributed by atoms with van der Waals surface area (Å²) in [4.78, 5) is 21.6. The number of carbonyl (C=O) groups excluding carboxylic acids is 1. The number of pyridine rings is 1. The van der Waals surface area contributed by atoms with Crippen molar-refractivity contribution in [2.24, 2.45) is 0 Å². The molecule has 0 saturated carbocycles. The number of anilines is 1. The first-order valence-electron chi connectivity index (χ1n) is 8.54. The van der Waals surface area contributed by atoms with Crippen LogP contribution in [0.3, 0.4) is 0 Å². The number of hydrogen-bond donors (Lipinski definition) is 1. The van der Waals surface area contributed by atoms with Crippen molar-refractivity contribution in [3.05, 3.63) is 48.2 Å². The van der Waals surface area contributed by atoms with Gasteiger partial charge in [0.05, 0.1) is 0 Å². The number of benzene rings is 1. The van der Waals surface area contributed by atoms with Crippen LogP contribution in [0.1, 0.15) is 23.8 Å². The van der Waals surface area contributed by atoms with Crippen LogP contribution in [0.25, 0.3) is 11.2 Å². The molecule has 1 aliphatic heterocycles. The smallest absolute Gasteiger partial charge is 0.272 e. The monoisotopic (exact) mass is 336 g/mol. The normalized spacial score (nSPS) is 17.9. The Morgan fingerprint density at radius 1 is 1.16 bits per heavy atom. The van der Waals surface area contributed by atoms with Crippen LogP contribution in [0.5, 0.6) is 0 Å². The summed E-state index contributed by atoms with van der Waals surface area (Å²) in [7, 11) is 0. The molecule has 7 heteroatoms. The number of para-hydroxylation sites is 1. The number of aromatic nitrogens is 4. The minimum atomic E-state index is -0.0375. The molecule has 7 nitrogen and oxygen atoms in total. The lowest BCUT2D eigenvalue weighted by Gasteiger charge is -2.42. The van der Waals surface area contributed by atoms with E-state index in [1.807, 2.05) is 23.1 Å². The Labute approximate surface area is 145 Å². The Morgan fingerprint density at radius 2 is 2.00 bits per heavy atom. The van der Waals surface area contributed by atoms with Gasteiger partial charge in [-0.25, -0.2) is 4.98 Å². The summed E-state index contributed by atoms with van der Waals surface area (Å²) in [6, 6.07) is 14.0. The van der Waals surface area contributed by atoms with Crippen LogP contribution in [0, 0.1) is 0 Å². The van der Waals surface area contributed by atoms with E-state index in [1.54, 1.807) is 12.1 Å². The van der Waals surface area contributed by atoms with E-state index < -0.39 is 0 Å². The lowest BCUT2D eigenvalue weighted by Crippen LogP contribution is -2.55. The van der Waals surface area contributed by atoms with Gasteiger partial charge >= 0.3 is 0 Å². The molecule has 1 aromatic carbocycles. The largest absolute Gasteiger partial charge is 0.368 e. The fourth-order valence-electron chi connectivity index (χ4n) is 3.35. The second-order valence-corrected chi connectivity index (χ2v) is 6.21. The van der Waals surface area contributed by atoms with Crippen LogP contribution in [0.15, 0.2) is 42.5 Å². The Hall–Kier alpha value is -2.96. The zero-order valence-electron chi connectivity index (χ0n) is 14.1. The SMILES string of the molecule is CCC1CN(c2ccccc2)CCN1C(=O)c1ccc2n[nH]nc2n1. The van der Waals surface area contributed by atoms with Crippen LogP contribution in [0.4, 0.5) is 5.69 Å².